The molecule has 3 heterocycles. The van der Waals surface area contributed by atoms with E-state index in [0.29, 0.717) is 5.28 Å². The highest BCUT2D eigenvalue weighted by Gasteiger charge is 2.17. The third-order valence-electron chi connectivity index (χ3n) is 3.27. The molecule has 1 aliphatic heterocycles. The molecule has 19 heavy (non-hydrogen) atoms. The molecule has 0 atom stereocenters. The lowest BCUT2D eigenvalue weighted by Gasteiger charge is -2.21. The summed E-state index contributed by atoms with van der Waals surface area (Å²) in [6.45, 7) is 5.54. The largest absolute Gasteiger partial charge is 0.380 e. The Hall–Kier alpha value is -0.910. The van der Waals surface area contributed by atoms with Crippen LogP contribution in [0, 0.1) is 0 Å². The van der Waals surface area contributed by atoms with Gasteiger partial charge in [0, 0.05) is 24.6 Å². The summed E-state index contributed by atoms with van der Waals surface area (Å²) in [4.78, 5) is 13.3. The van der Waals surface area contributed by atoms with Crippen LogP contribution in [0.1, 0.15) is 18.2 Å². The maximum atomic E-state index is 6.06. The first-order valence-corrected chi connectivity index (χ1v) is 7.76. The fourth-order valence-electron chi connectivity index (χ4n) is 2.30. The third-order valence-corrected chi connectivity index (χ3v) is 4.61. The van der Waals surface area contributed by atoms with Crippen molar-refractivity contribution in [1.82, 2.24) is 9.97 Å². The molecule has 0 radical (unpaired) electrons. The number of aromatic nitrogens is 2. The van der Waals surface area contributed by atoms with Gasteiger partial charge in [-0.15, -0.1) is 11.3 Å². The van der Waals surface area contributed by atoms with E-state index in [0.717, 1.165) is 55.2 Å². The Morgan fingerprint density at radius 3 is 3.11 bits per heavy atom. The first-order chi connectivity index (χ1) is 9.28. The highest BCUT2D eigenvalue weighted by molar-refractivity contribution is 7.18. The van der Waals surface area contributed by atoms with E-state index in [2.05, 4.69) is 27.9 Å². The van der Waals surface area contributed by atoms with Crippen molar-refractivity contribution in [2.45, 2.75) is 19.8 Å². The van der Waals surface area contributed by atoms with Gasteiger partial charge in [0.2, 0.25) is 5.28 Å². The van der Waals surface area contributed by atoms with Crippen LogP contribution in [-0.4, -0.2) is 36.3 Å². The molecular weight excluding hydrogens is 282 g/mol. The molecule has 0 saturated carbocycles. The minimum Gasteiger partial charge on any atom is -0.380 e. The SMILES string of the molecule is CCc1cc2c(N3CCCOCC3)nc(Cl)nc2s1. The van der Waals surface area contributed by atoms with E-state index in [9.17, 15) is 0 Å². The van der Waals surface area contributed by atoms with Crippen molar-refractivity contribution in [2.75, 3.05) is 31.2 Å². The number of anilines is 1. The second-order valence-corrected chi connectivity index (χ2v) is 6.01. The lowest BCUT2D eigenvalue weighted by Crippen LogP contribution is -2.27. The Morgan fingerprint density at radius 1 is 1.37 bits per heavy atom. The van der Waals surface area contributed by atoms with Gasteiger partial charge in [-0.1, -0.05) is 6.92 Å². The summed E-state index contributed by atoms with van der Waals surface area (Å²) in [5.74, 6) is 0.955. The normalized spacial score (nSPS) is 16.8. The molecule has 2 aromatic rings. The molecule has 0 amide bonds. The second-order valence-electron chi connectivity index (χ2n) is 4.55. The van der Waals surface area contributed by atoms with Crippen LogP contribution in [0.15, 0.2) is 6.07 Å². The summed E-state index contributed by atoms with van der Waals surface area (Å²) in [6, 6.07) is 2.19. The summed E-state index contributed by atoms with van der Waals surface area (Å²) >= 11 is 7.76. The van der Waals surface area contributed by atoms with Crippen LogP contribution in [0.25, 0.3) is 10.2 Å². The monoisotopic (exact) mass is 297 g/mol. The van der Waals surface area contributed by atoms with Gasteiger partial charge in [0.15, 0.2) is 0 Å². The molecule has 1 aliphatic rings. The first-order valence-electron chi connectivity index (χ1n) is 6.56. The number of hydrogen-bond acceptors (Lipinski definition) is 5. The summed E-state index contributed by atoms with van der Waals surface area (Å²) < 4.78 is 5.50. The summed E-state index contributed by atoms with van der Waals surface area (Å²) in [6.07, 6.45) is 2.04. The quantitative estimate of drug-likeness (QED) is 0.798. The van der Waals surface area contributed by atoms with Crippen molar-refractivity contribution < 1.29 is 4.74 Å². The van der Waals surface area contributed by atoms with Gasteiger partial charge in [-0.2, -0.15) is 4.98 Å². The summed E-state index contributed by atoms with van der Waals surface area (Å²) in [5.41, 5.74) is 0. The Labute approximate surface area is 121 Å². The maximum absolute atomic E-state index is 6.06. The van der Waals surface area contributed by atoms with Crippen LogP contribution in [0.3, 0.4) is 0 Å². The molecule has 102 valence electrons. The summed E-state index contributed by atoms with van der Waals surface area (Å²) in [7, 11) is 0. The van der Waals surface area contributed by atoms with E-state index in [-0.39, 0.29) is 0 Å². The van der Waals surface area contributed by atoms with Crippen LogP contribution in [0.4, 0.5) is 5.82 Å². The van der Waals surface area contributed by atoms with Crippen LogP contribution in [0.5, 0.6) is 0 Å². The Morgan fingerprint density at radius 2 is 2.26 bits per heavy atom. The Kier molecular flexibility index (Phi) is 3.86. The molecule has 0 aromatic carbocycles. The topological polar surface area (TPSA) is 38.2 Å². The fraction of sp³-hybridized carbons (Fsp3) is 0.538. The number of halogens is 1. The molecular formula is C13H16ClN3OS. The highest BCUT2D eigenvalue weighted by atomic mass is 35.5. The molecule has 2 aromatic heterocycles. The fourth-order valence-corrected chi connectivity index (χ4v) is 3.48. The number of rotatable bonds is 2. The van der Waals surface area contributed by atoms with Crippen molar-refractivity contribution >= 4 is 39.0 Å². The Balaban J connectivity index is 2.07. The average molecular weight is 298 g/mol. The first kappa shape index (κ1) is 13.1. The molecule has 1 fully saturated rings. The van der Waals surface area contributed by atoms with Gasteiger partial charge < -0.3 is 9.64 Å². The lowest BCUT2D eigenvalue weighted by molar-refractivity contribution is 0.152. The van der Waals surface area contributed by atoms with Gasteiger partial charge in [0.1, 0.15) is 10.6 Å². The molecule has 0 spiro atoms. The van der Waals surface area contributed by atoms with Gasteiger partial charge in [-0.3, -0.25) is 0 Å². The Bertz CT molecular complexity index is 579. The molecule has 3 rings (SSSR count). The van der Waals surface area contributed by atoms with Crippen molar-refractivity contribution in [1.29, 1.82) is 0 Å². The zero-order valence-corrected chi connectivity index (χ0v) is 12.4. The number of hydrogen-bond donors (Lipinski definition) is 0. The number of nitrogens with zero attached hydrogens (tertiary/aromatic N) is 3. The van der Waals surface area contributed by atoms with E-state index in [1.54, 1.807) is 11.3 Å². The van der Waals surface area contributed by atoms with Crippen molar-refractivity contribution in [3.05, 3.63) is 16.2 Å². The predicted octanol–water partition coefficient (Wildman–Crippen LogP) is 3.13. The van der Waals surface area contributed by atoms with Gasteiger partial charge in [-0.05, 0) is 30.5 Å². The van der Waals surface area contributed by atoms with Crippen molar-refractivity contribution in [3.63, 3.8) is 0 Å². The van der Waals surface area contributed by atoms with Gasteiger partial charge in [-0.25, -0.2) is 4.98 Å². The average Bonchev–Trinajstić information content (AvgIpc) is 2.64. The minimum absolute atomic E-state index is 0.331. The zero-order chi connectivity index (χ0) is 13.2. The van der Waals surface area contributed by atoms with E-state index < -0.39 is 0 Å². The predicted molar refractivity (Wildman–Crippen MR) is 79.5 cm³/mol. The molecule has 0 aliphatic carbocycles. The number of ether oxygens (including phenoxy) is 1. The van der Waals surface area contributed by atoms with Crippen LogP contribution in [0.2, 0.25) is 5.28 Å². The molecule has 4 nitrogen and oxygen atoms in total. The maximum Gasteiger partial charge on any atom is 0.225 e. The number of aryl methyl sites for hydroxylation is 1. The van der Waals surface area contributed by atoms with Crippen molar-refractivity contribution in [2.24, 2.45) is 0 Å². The van der Waals surface area contributed by atoms with E-state index >= 15 is 0 Å². The van der Waals surface area contributed by atoms with E-state index in [1.165, 1.54) is 4.88 Å². The second kappa shape index (κ2) is 5.61. The highest BCUT2D eigenvalue weighted by Crippen LogP contribution is 2.32. The molecule has 1 saturated heterocycles. The minimum atomic E-state index is 0.331. The zero-order valence-electron chi connectivity index (χ0n) is 10.9. The van der Waals surface area contributed by atoms with Crippen LogP contribution >= 0.6 is 22.9 Å². The molecule has 6 heteroatoms. The number of thiophene rings is 1. The van der Waals surface area contributed by atoms with Crippen molar-refractivity contribution in [3.8, 4) is 0 Å². The van der Waals surface area contributed by atoms with E-state index in [4.69, 9.17) is 16.3 Å². The number of fused-ring (bicyclic) bond motifs is 1. The van der Waals surface area contributed by atoms with Crippen LogP contribution in [-0.2, 0) is 11.2 Å². The molecule has 0 N–H and O–H groups in total. The molecule has 0 bridgehead atoms. The standard InChI is InChI=1S/C13H16ClN3OS/c1-2-9-8-10-11(15-13(14)16-12(10)19-9)17-4-3-6-18-7-5-17/h8H,2-7H2,1H3. The third kappa shape index (κ3) is 2.68. The van der Waals surface area contributed by atoms with Crippen LogP contribution < -0.4 is 4.90 Å². The molecule has 0 unspecified atom stereocenters. The van der Waals surface area contributed by atoms with Gasteiger partial charge in [0.25, 0.3) is 0 Å². The van der Waals surface area contributed by atoms with E-state index in [1.807, 2.05) is 0 Å². The summed E-state index contributed by atoms with van der Waals surface area (Å²) in [5, 5.41) is 1.45. The lowest BCUT2D eigenvalue weighted by atomic mass is 10.3. The van der Waals surface area contributed by atoms with Gasteiger partial charge >= 0.3 is 0 Å². The smallest absolute Gasteiger partial charge is 0.225 e. The van der Waals surface area contributed by atoms with Gasteiger partial charge in [0.05, 0.1) is 12.0 Å².